The standard InChI is InChI=1S/C43H33N/c1-2-7-30-12-24-38(25-13-30)44(41-29-23-37-19-18-35-10-6-11-36-22-28-40(41)43(37)42(35)36)39-26-20-34(21-27-39)33-16-14-32(15-17-33)31-8-4-3-5-9-31/h3-6,8-29H,2,7H2,1H3. The highest BCUT2D eigenvalue weighted by Gasteiger charge is 2.18. The van der Waals surface area contributed by atoms with Crippen molar-refractivity contribution in [3.05, 3.63) is 163 Å². The molecule has 0 saturated carbocycles. The lowest BCUT2D eigenvalue weighted by molar-refractivity contribution is 0.922. The van der Waals surface area contributed by atoms with Crippen LogP contribution in [0, 0.1) is 0 Å². The Morgan fingerprint density at radius 3 is 1.52 bits per heavy atom. The van der Waals surface area contributed by atoms with Gasteiger partial charge in [-0.15, -0.1) is 0 Å². The maximum atomic E-state index is 2.42. The molecule has 0 unspecified atom stereocenters. The van der Waals surface area contributed by atoms with Crippen LogP contribution in [0.1, 0.15) is 18.9 Å². The monoisotopic (exact) mass is 563 g/mol. The fraction of sp³-hybridized carbons (Fsp3) is 0.0698. The number of anilines is 3. The zero-order valence-electron chi connectivity index (χ0n) is 24.9. The van der Waals surface area contributed by atoms with Crippen molar-refractivity contribution in [1.82, 2.24) is 0 Å². The van der Waals surface area contributed by atoms with Gasteiger partial charge in [0.1, 0.15) is 0 Å². The van der Waals surface area contributed by atoms with Crippen molar-refractivity contribution in [3.8, 4) is 22.3 Å². The van der Waals surface area contributed by atoms with Gasteiger partial charge in [0.25, 0.3) is 0 Å². The Kier molecular flexibility index (Phi) is 6.57. The summed E-state index contributed by atoms with van der Waals surface area (Å²) in [5, 5.41) is 7.80. The van der Waals surface area contributed by atoms with Gasteiger partial charge in [-0.05, 0) is 91.5 Å². The molecule has 8 rings (SSSR count). The maximum Gasteiger partial charge on any atom is 0.0540 e. The second-order valence-corrected chi connectivity index (χ2v) is 11.7. The minimum absolute atomic E-state index is 1.09. The van der Waals surface area contributed by atoms with Crippen molar-refractivity contribution in [2.75, 3.05) is 4.90 Å². The fourth-order valence-electron chi connectivity index (χ4n) is 6.73. The third-order valence-corrected chi connectivity index (χ3v) is 8.93. The van der Waals surface area contributed by atoms with E-state index in [1.165, 1.54) is 71.5 Å². The largest absolute Gasteiger partial charge is 0.310 e. The topological polar surface area (TPSA) is 3.24 Å². The molecule has 0 radical (unpaired) electrons. The molecule has 1 nitrogen and oxygen atoms in total. The number of nitrogens with zero attached hydrogens (tertiary/aromatic N) is 1. The summed E-state index contributed by atoms with van der Waals surface area (Å²) in [7, 11) is 0. The van der Waals surface area contributed by atoms with Crippen LogP contribution in [0.4, 0.5) is 17.1 Å². The van der Waals surface area contributed by atoms with E-state index in [1.807, 2.05) is 0 Å². The molecule has 0 aliphatic carbocycles. The molecule has 0 bridgehead atoms. The summed E-state index contributed by atoms with van der Waals surface area (Å²) < 4.78 is 0. The van der Waals surface area contributed by atoms with Crippen molar-refractivity contribution in [2.45, 2.75) is 19.8 Å². The first-order valence-electron chi connectivity index (χ1n) is 15.6. The van der Waals surface area contributed by atoms with E-state index < -0.39 is 0 Å². The van der Waals surface area contributed by atoms with E-state index in [4.69, 9.17) is 0 Å². The average molecular weight is 564 g/mol. The number of hydrogen-bond donors (Lipinski definition) is 0. The zero-order valence-corrected chi connectivity index (χ0v) is 24.9. The molecule has 1 heteroatoms. The maximum absolute atomic E-state index is 2.42. The second kappa shape index (κ2) is 11.0. The number of rotatable bonds is 7. The van der Waals surface area contributed by atoms with E-state index in [9.17, 15) is 0 Å². The highest BCUT2D eigenvalue weighted by Crippen LogP contribution is 2.44. The van der Waals surface area contributed by atoms with Gasteiger partial charge >= 0.3 is 0 Å². The minimum Gasteiger partial charge on any atom is -0.310 e. The average Bonchev–Trinajstić information content (AvgIpc) is 3.09. The summed E-state index contributed by atoms with van der Waals surface area (Å²) in [5.74, 6) is 0. The molecule has 0 heterocycles. The molecule has 8 aromatic carbocycles. The molecule has 210 valence electrons. The van der Waals surface area contributed by atoms with Crippen molar-refractivity contribution in [2.24, 2.45) is 0 Å². The molecule has 0 saturated heterocycles. The Balaban J connectivity index is 1.24. The third kappa shape index (κ3) is 4.58. The summed E-state index contributed by atoms with van der Waals surface area (Å²) in [4.78, 5) is 2.42. The van der Waals surface area contributed by atoms with Crippen LogP contribution in [-0.2, 0) is 6.42 Å². The summed E-state index contributed by atoms with van der Waals surface area (Å²) in [6.07, 6.45) is 2.24. The van der Waals surface area contributed by atoms with E-state index >= 15 is 0 Å². The quantitative estimate of drug-likeness (QED) is 0.174. The van der Waals surface area contributed by atoms with Crippen LogP contribution < -0.4 is 4.90 Å². The van der Waals surface area contributed by atoms with Crippen LogP contribution in [0.15, 0.2) is 158 Å². The van der Waals surface area contributed by atoms with Crippen molar-refractivity contribution in [3.63, 3.8) is 0 Å². The molecule has 0 fully saturated rings. The highest BCUT2D eigenvalue weighted by molar-refractivity contribution is 6.25. The van der Waals surface area contributed by atoms with Gasteiger partial charge in [0.2, 0.25) is 0 Å². The van der Waals surface area contributed by atoms with E-state index in [-0.39, 0.29) is 0 Å². The molecule has 0 aliphatic rings. The summed E-state index contributed by atoms with van der Waals surface area (Å²) in [5.41, 5.74) is 9.78. The number of hydrogen-bond acceptors (Lipinski definition) is 1. The molecule has 0 atom stereocenters. The highest BCUT2D eigenvalue weighted by atomic mass is 15.1. The molecule has 44 heavy (non-hydrogen) atoms. The zero-order chi connectivity index (χ0) is 29.5. The van der Waals surface area contributed by atoms with Crippen LogP contribution in [-0.4, -0.2) is 0 Å². The Hall–Kier alpha value is -5.40. The van der Waals surface area contributed by atoms with Gasteiger partial charge in [-0.2, -0.15) is 0 Å². The van der Waals surface area contributed by atoms with Crippen LogP contribution >= 0.6 is 0 Å². The Morgan fingerprint density at radius 1 is 0.409 bits per heavy atom. The predicted molar refractivity (Wildman–Crippen MR) is 190 cm³/mol. The summed E-state index contributed by atoms with van der Waals surface area (Å²) in [6.45, 7) is 2.24. The van der Waals surface area contributed by atoms with Gasteiger partial charge in [-0.25, -0.2) is 0 Å². The van der Waals surface area contributed by atoms with Crippen molar-refractivity contribution >= 4 is 49.4 Å². The van der Waals surface area contributed by atoms with E-state index in [0.717, 1.165) is 18.5 Å². The van der Waals surface area contributed by atoms with Gasteiger partial charge in [-0.1, -0.05) is 141 Å². The van der Waals surface area contributed by atoms with Crippen LogP contribution in [0.2, 0.25) is 0 Å². The van der Waals surface area contributed by atoms with Crippen LogP contribution in [0.5, 0.6) is 0 Å². The van der Waals surface area contributed by atoms with Gasteiger partial charge in [0, 0.05) is 16.8 Å². The van der Waals surface area contributed by atoms with Gasteiger partial charge < -0.3 is 4.90 Å². The number of aryl methyl sites for hydroxylation is 1. The normalized spacial score (nSPS) is 11.5. The molecule has 0 aromatic heterocycles. The third-order valence-electron chi connectivity index (χ3n) is 8.93. The first kappa shape index (κ1) is 26.2. The first-order valence-corrected chi connectivity index (χ1v) is 15.6. The van der Waals surface area contributed by atoms with Gasteiger partial charge in [-0.3, -0.25) is 0 Å². The van der Waals surface area contributed by atoms with Crippen molar-refractivity contribution < 1.29 is 0 Å². The number of benzene rings is 8. The lowest BCUT2D eigenvalue weighted by Crippen LogP contribution is -2.10. The molecular weight excluding hydrogens is 530 g/mol. The van der Waals surface area contributed by atoms with Gasteiger partial charge in [0.15, 0.2) is 0 Å². The lowest BCUT2D eigenvalue weighted by Gasteiger charge is -2.28. The lowest BCUT2D eigenvalue weighted by atomic mass is 9.93. The predicted octanol–water partition coefficient (Wildman–Crippen LogP) is 12.3. The SMILES string of the molecule is CCCc1ccc(N(c2ccc(-c3ccc(-c4ccccc4)cc3)cc2)c2ccc3ccc4cccc5ccc2c3c45)cc1. The van der Waals surface area contributed by atoms with E-state index in [2.05, 4.69) is 170 Å². The van der Waals surface area contributed by atoms with E-state index in [1.54, 1.807) is 0 Å². The first-order chi connectivity index (χ1) is 21.8. The molecular formula is C43H33N. The fourth-order valence-corrected chi connectivity index (χ4v) is 6.73. The van der Waals surface area contributed by atoms with Gasteiger partial charge in [0.05, 0.1) is 5.69 Å². The molecule has 8 aromatic rings. The Bertz CT molecular complexity index is 2180. The summed E-state index contributed by atoms with van der Waals surface area (Å²) in [6, 6.07) is 57.9. The Labute approximate surface area is 259 Å². The van der Waals surface area contributed by atoms with Crippen LogP contribution in [0.25, 0.3) is 54.6 Å². The molecule has 0 aliphatic heterocycles. The smallest absolute Gasteiger partial charge is 0.0540 e. The van der Waals surface area contributed by atoms with Crippen molar-refractivity contribution in [1.29, 1.82) is 0 Å². The minimum atomic E-state index is 1.09. The van der Waals surface area contributed by atoms with Crippen LogP contribution in [0.3, 0.4) is 0 Å². The van der Waals surface area contributed by atoms with E-state index in [0.29, 0.717) is 0 Å². The molecule has 0 amide bonds. The second-order valence-electron chi connectivity index (χ2n) is 11.7. The molecule has 0 N–H and O–H groups in total. The summed E-state index contributed by atoms with van der Waals surface area (Å²) >= 11 is 0. The Morgan fingerprint density at radius 2 is 0.909 bits per heavy atom. The molecule has 0 spiro atoms.